The summed E-state index contributed by atoms with van der Waals surface area (Å²) in [6.45, 7) is 1.12. The van der Waals surface area contributed by atoms with Gasteiger partial charge in [0, 0.05) is 6.54 Å². The van der Waals surface area contributed by atoms with Gasteiger partial charge in [-0.2, -0.15) is 17.5 Å². The Morgan fingerprint density at radius 2 is 1.83 bits per heavy atom. The van der Waals surface area contributed by atoms with Gasteiger partial charge in [-0.1, -0.05) is 25.1 Å². The average molecular weight is 430 g/mol. The SMILES string of the molecule is CCCN(CC(=O)Nc1ccccc1OC)S(=O)(=O)c1cccc(C(F)(F)F)c1. The van der Waals surface area contributed by atoms with Crippen molar-refractivity contribution in [3.63, 3.8) is 0 Å². The fourth-order valence-electron chi connectivity index (χ4n) is 2.61. The molecular formula is C19H21F3N2O4S. The molecule has 0 spiro atoms. The van der Waals surface area contributed by atoms with Gasteiger partial charge in [-0.05, 0) is 36.8 Å². The van der Waals surface area contributed by atoms with Crippen molar-refractivity contribution in [3.8, 4) is 5.75 Å². The van der Waals surface area contributed by atoms with Crippen LogP contribution in [-0.2, 0) is 21.0 Å². The van der Waals surface area contributed by atoms with Crippen molar-refractivity contribution in [2.45, 2.75) is 24.4 Å². The fourth-order valence-corrected chi connectivity index (χ4v) is 4.15. The van der Waals surface area contributed by atoms with E-state index in [1.54, 1.807) is 31.2 Å². The summed E-state index contributed by atoms with van der Waals surface area (Å²) in [5, 5.41) is 2.56. The first-order chi connectivity index (χ1) is 13.6. The first-order valence-corrected chi connectivity index (χ1v) is 10.1. The standard InChI is InChI=1S/C19H21F3N2O4S/c1-3-11-24(13-18(25)23-16-9-4-5-10-17(16)28-2)29(26,27)15-8-6-7-14(12-15)19(20,21)22/h4-10,12H,3,11,13H2,1-2H3,(H,23,25). The average Bonchev–Trinajstić information content (AvgIpc) is 2.67. The third kappa shape index (κ3) is 5.70. The molecule has 6 nitrogen and oxygen atoms in total. The highest BCUT2D eigenvalue weighted by Gasteiger charge is 2.33. The second kappa shape index (κ2) is 9.27. The van der Waals surface area contributed by atoms with Crippen LogP contribution < -0.4 is 10.1 Å². The van der Waals surface area contributed by atoms with Crippen LogP contribution in [0.5, 0.6) is 5.75 Å². The number of ether oxygens (including phenoxy) is 1. The van der Waals surface area contributed by atoms with Crippen LogP contribution in [0.2, 0.25) is 0 Å². The molecule has 0 aliphatic carbocycles. The van der Waals surface area contributed by atoms with Crippen LogP contribution in [0, 0.1) is 0 Å². The fraction of sp³-hybridized carbons (Fsp3) is 0.316. The molecule has 0 radical (unpaired) electrons. The van der Waals surface area contributed by atoms with Crippen molar-refractivity contribution in [1.82, 2.24) is 4.31 Å². The summed E-state index contributed by atoms with van der Waals surface area (Å²) in [5.74, 6) is -0.248. The van der Waals surface area contributed by atoms with Gasteiger partial charge >= 0.3 is 6.18 Å². The lowest BCUT2D eigenvalue weighted by Crippen LogP contribution is -2.38. The van der Waals surface area contributed by atoms with E-state index in [0.29, 0.717) is 23.9 Å². The van der Waals surface area contributed by atoms with Crippen molar-refractivity contribution in [1.29, 1.82) is 0 Å². The molecule has 0 heterocycles. The molecule has 2 aromatic carbocycles. The van der Waals surface area contributed by atoms with E-state index >= 15 is 0 Å². The number of sulfonamides is 1. The van der Waals surface area contributed by atoms with Crippen molar-refractivity contribution >= 4 is 21.6 Å². The molecule has 0 aromatic heterocycles. The molecule has 0 atom stereocenters. The maximum Gasteiger partial charge on any atom is 0.416 e. The van der Waals surface area contributed by atoms with E-state index < -0.39 is 39.1 Å². The molecule has 2 rings (SSSR count). The second-order valence-corrected chi connectivity index (χ2v) is 8.05. The number of benzene rings is 2. The summed E-state index contributed by atoms with van der Waals surface area (Å²) in [7, 11) is -2.88. The van der Waals surface area contributed by atoms with Gasteiger partial charge in [0.05, 0.1) is 29.8 Å². The van der Waals surface area contributed by atoms with Crippen molar-refractivity contribution in [2.75, 3.05) is 25.5 Å². The summed E-state index contributed by atoms with van der Waals surface area (Å²) in [6.07, 6.45) is -4.30. The summed E-state index contributed by atoms with van der Waals surface area (Å²) in [6, 6.07) is 10.0. The van der Waals surface area contributed by atoms with Gasteiger partial charge in [-0.25, -0.2) is 8.42 Å². The van der Waals surface area contributed by atoms with Crippen molar-refractivity contribution in [2.24, 2.45) is 0 Å². The first-order valence-electron chi connectivity index (χ1n) is 8.70. The van der Waals surface area contributed by atoms with Crippen LogP contribution in [-0.4, -0.2) is 38.8 Å². The zero-order chi connectivity index (χ0) is 21.7. The third-order valence-electron chi connectivity index (χ3n) is 3.97. The van der Waals surface area contributed by atoms with Gasteiger partial charge in [0.25, 0.3) is 0 Å². The quantitative estimate of drug-likeness (QED) is 0.692. The Morgan fingerprint density at radius 1 is 1.14 bits per heavy atom. The monoisotopic (exact) mass is 430 g/mol. The number of alkyl halides is 3. The number of nitrogens with one attached hydrogen (secondary N) is 1. The van der Waals surface area contributed by atoms with Gasteiger partial charge < -0.3 is 10.1 Å². The van der Waals surface area contributed by atoms with E-state index in [0.717, 1.165) is 22.5 Å². The van der Waals surface area contributed by atoms with Crippen LogP contribution in [0.4, 0.5) is 18.9 Å². The number of hydrogen-bond donors (Lipinski definition) is 1. The highest BCUT2D eigenvalue weighted by atomic mass is 32.2. The molecule has 0 saturated carbocycles. The molecule has 10 heteroatoms. The molecule has 0 aliphatic heterocycles. The molecular weight excluding hydrogens is 409 g/mol. The lowest BCUT2D eigenvalue weighted by Gasteiger charge is -2.22. The molecule has 1 N–H and O–H groups in total. The molecule has 2 aromatic rings. The van der Waals surface area contributed by atoms with Crippen molar-refractivity contribution < 1.29 is 31.1 Å². The largest absolute Gasteiger partial charge is 0.495 e. The normalized spacial score (nSPS) is 12.1. The van der Waals surface area contributed by atoms with E-state index in [4.69, 9.17) is 4.74 Å². The predicted molar refractivity (Wildman–Crippen MR) is 102 cm³/mol. The van der Waals surface area contributed by atoms with Crippen LogP contribution in [0.1, 0.15) is 18.9 Å². The minimum atomic E-state index is -4.68. The second-order valence-electron chi connectivity index (χ2n) is 6.11. The van der Waals surface area contributed by atoms with Gasteiger partial charge in [-0.15, -0.1) is 0 Å². The van der Waals surface area contributed by atoms with E-state index in [1.807, 2.05) is 0 Å². The molecule has 0 saturated heterocycles. The number of nitrogens with zero attached hydrogens (tertiary/aromatic N) is 1. The summed E-state index contributed by atoms with van der Waals surface area (Å²) < 4.78 is 70.5. The molecule has 1 amide bonds. The van der Waals surface area contributed by atoms with E-state index in [9.17, 15) is 26.4 Å². The number of hydrogen-bond acceptors (Lipinski definition) is 4. The van der Waals surface area contributed by atoms with Gasteiger partial charge in [0.1, 0.15) is 5.75 Å². The van der Waals surface area contributed by atoms with E-state index in [1.165, 1.54) is 7.11 Å². The molecule has 158 valence electrons. The topological polar surface area (TPSA) is 75.7 Å². The summed E-state index contributed by atoms with van der Waals surface area (Å²) in [5.41, 5.74) is -0.721. The smallest absolute Gasteiger partial charge is 0.416 e. The maximum absolute atomic E-state index is 12.9. The molecule has 0 unspecified atom stereocenters. The molecule has 0 fully saturated rings. The summed E-state index contributed by atoms with van der Waals surface area (Å²) >= 11 is 0. The summed E-state index contributed by atoms with van der Waals surface area (Å²) in [4.78, 5) is 11.9. The van der Waals surface area contributed by atoms with Gasteiger partial charge in [0.2, 0.25) is 15.9 Å². The molecule has 29 heavy (non-hydrogen) atoms. The van der Waals surface area contributed by atoms with Gasteiger partial charge in [-0.3, -0.25) is 4.79 Å². The van der Waals surface area contributed by atoms with Crippen LogP contribution in [0.25, 0.3) is 0 Å². The molecule has 0 aliphatic rings. The number of carbonyl (C=O) groups excluding carboxylic acids is 1. The maximum atomic E-state index is 12.9. The zero-order valence-electron chi connectivity index (χ0n) is 15.9. The Kier molecular flexibility index (Phi) is 7.26. The van der Waals surface area contributed by atoms with Crippen LogP contribution in [0.15, 0.2) is 53.4 Å². The minimum absolute atomic E-state index is 0.0298. The Balaban J connectivity index is 2.27. The number of halogens is 3. The van der Waals surface area contributed by atoms with Crippen molar-refractivity contribution in [3.05, 3.63) is 54.1 Å². The number of carbonyl (C=O) groups is 1. The Labute approximate surface area is 167 Å². The molecule has 0 bridgehead atoms. The highest BCUT2D eigenvalue weighted by Crippen LogP contribution is 2.31. The van der Waals surface area contributed by atoms with E-state index in [-0.39, 0.29) is 6.54 Å². The zero-order valence-corrected chi connectivity index (χ0v) is 16.7. The highest BCUT2D eigenvalue weighted by molar-refractivity contribution is 7.89. The van der Waals surface area contributed by atoms with E-state index in [2.05, 4.69) is 5.32 Å². The Bertz CT molecular complexity index is 962. The lowest BCUT2D eigenvalue weighted by molar-refractivity contribution is -0.137. The third-order valence-corrected chi connectivity index (χ3v) is 5.81. The minimum Gasteiger partial charge on any atom is -0.495 e. The first kappa shape index (κ1) is 22.7. The number of anilines is 1. The Hall–Kier alpha value is -2.59. The Morgan fingerprint density at radius 3 is 2.45 bits per heavy atom. The number of rotatable bonds is 8. The lowest BCUT2D eigenvalue weighted by atomic mass is 10.2. The number of amides is 1. The van der Waals surface area contributed by atoms with Crippen LogP contribution >= 0.6 is 0 Å². The van der Waals surface area contributed by atoms with Gasteiger partial charge in [0.15, 0.2) is 0 Å². The number of methoxy groups -OCH3 is 1. The van der Waals surface area contributed by atoms with Crippen LogP contribution in [0.3, 0.4) is 0 Å². The number of para-hydroxylation sites is 2. The predicted octanol–water partition coefficient (Wildman–Crippen LogP) is 3.75.